The van der Waals surface area contributed by atoms with Gasteiger partial charge in [-0.05, 0) is 31.2 Å². The van der Waals surface area contributed by atoms with E-state index in [-0.39, 0.29) is 11.3 Å². The van der Waals surface area contributed by atoms with Gasteiger partial charge in [-0.25, -0.2) is 0 Å². The van der Waals surface area contributed by atoms with Gasteiger partial charge >= 0.3 is 6.18 Å². The topological polar surface area (TPSA) is 54.7 Å². The van der Waals surface area contributed by atoms with Gasteiger partial charge in [-0.2, -0.15) is 13.2 Å². The molecule has 1 aromatic heterocycles. The Morgan fingerprint density at radius 3 is 2.52 bits per heavy atom. The Bertz CT molecular complexity index is 765. The zero-order chi connectivity index (χ0) is 18.0. The van der Waals surface area contributed by atoms with Crippen LogP contribution in [0.1, 0.15) is 21.7 Å². The summed E-state index contributed by atoms with van der Waals surface area (Å²) in [7, 11) is 0. The number of benzene rings is 1. The zero-order valence-corrected chi connectivity index (χ0v) is 13.5. The molecule has 0 atom stereocenters. The fraction of sp³-hybridized carbons (Fsp3) is 0.353. The van der Waals surface area contributed by atoms with E-state index < -0.39 is 17.6 Å². The van der Waals surface area contributed by atoms with E-state index in [2.05, 4.69) is 5.32 Å². The molecule has 25 heavy (non-hydrogen) atoms. The lowest BCUT2D eigenvalue weighted by atomic mass is 10.1. The van der Waals surface area contributed by atoms with E-state index in [1.165, 1.54) is 18.4 Å². The highest BCUT2D eigenvalue weighted by atomic mass is 19.4. The second kappa shape index (κ2) is 6.79. The molecule has 0 saturated carbocycles. The molecule has 2 heterocycles. The summed E-state index contributed by atoms with van der Waals surface area (Å²) in [6, 6.07) is 4.83. The third-order valence-electron chi connectivity index (χ3n) is 4.03. The monoisotopic (exact) mass is 354 g/mol. The lowest BCUT2D eigenvalue weighted by molar-refractivity contribution is -0.137. The molecule has 1 aromatic carbocycles. The number of rotatable bonds is 3. The Kier molecular flexibility index (Phi) is 4.71. The first-order chi connectivity index (χ1) is 11.9. The number of aryl methyl sites for hydroxylation is 1. The number of hydrogen-bond acceptors (Lipinski definition) is 4. The van der Waals surface area contributed by atoms with E-state index in [1.807, 2.05) is 4.90 Å². The number of morpholine rings is 1. The molecule has 0 radical (unpaired) electrons. The molecular weight excluding hydrogens is 337 g/mol. The summed E-state index contributed by atoms with van der Waals surface area (Å²) in [5.74, 6) is -0.113. The van der Waals surface area contributed by atoms with E-state index in [0.29, 0.717) is 37.8 Å². The average Bonchev–Trinajstić information content (AvgIpc) is 3.01. The van der Waals surface area contributed by atoms with Crippen LogP contribution in [0.15, 0.2) is 34.9 Å². The second-order valence-corrected chi connectivity index (χ2v) is 5.67. The quantitative estimate of drug-likeness (QED) is 0.913. The molecule has 5 nitrogen and oxygen atoms in total. The van der Waals surface area contributed by atoms with Crippen molar-refractivity contribution in [1.82, 2.24) is 0 Å². The molecule has 2 aromatic rings. The van der Waals surface area contributed by atoms with Gasteiger partial charge in [-0.15, -0.1) is 0 Å². The number of nitrogens with one attached hydrogen (secondary N) is 1. The maximum atomic E-state index is 13.1. The predicted molar refractivity (Wildman–Crippen MR) is 85.9 cm³/mol. The van der Waals surface area contributed by atoms with E-state index in [9.17, 15) is 18.0 Å². The number of carbonyl (C=O) groups excluding carboxylic acids is 1. The first kappa shape index (κ1) is 17.3. The number of anilines is 2. The summed E-state index contributed by atoms with van der Waals surface area (Å²) in [6.45, 7) is 3.66. The van der Waals surface area contributed by atoms with Gasteiger partial charge in [0.25, 0.3) is 5.91 Å². The molecular formula is C17H17F3N2O3. The van der Waals surface area contributed by atoms with Gasteiger partial charge in [0.15, 0.2) is 0 Å². The Morgan fingerprint density at radius 2 is 1.92 bits per heavy atom. The van der Waals surface area contributed by atoms with Crippen LogP contribution in [0.2, 0.25) is 0 Å². The number of furan rings is 1. The summed E-state index contributed by atoms with van der Waals surface area (Å²) in [5.41, 5.74) is 0.113. The van der Waals surface area contributed by atoms with Crippen molar-refractivity contribution >= 4 is 17.3 Å². The van der Waals surface area contributed by atoms with Crippen LogP contribution >= 0.6 is 0 Å². The number of ether oxygens (including phenoxy) is 1. The van der Waals surface area contributed by atoms with Gasteiger partial charge in [0.05, 0.1) is 42.0 Å². The first-order valence-corrected chi connectivity index (χ1v) is 7.75. The number of carbonyl (C=O) groups is 1. The highest BCUT2D eigenvalue weighted by Crippen LogP contribution is 2.36. The Hall–Kier alpha value is -2.48. The van der Waals surface area contributed by atoms with Crippen LogP contribution in [0.25, 0.3) is 0 Å². The summed E-state index contributed by atoms with van der Waals surface area (Å²) in [5, 5.41) is 2.58. The molecule has 1 N–H and O–H groups in total. The van der Waals surface area contributed by atoms with Gasteiger partial charge in [0.2, 0.25) is 0 Å². The predicted octanol–water partition coefficient (Wildman–Crippen LogP) is 3.70. The molecule has 0 spiro atoms. The summed E-state index contributed by atoms with van der Waals surface area (Å²) in [6.07, 6.45) is -3.13. The third kappa shape index (κ3) is 3.79. The van der Waals surface area contributed by atoms with Crippen molar-refractivity contribution < 1.29 is 27.1 Å². The van der Waals surface area contributed by atoms with Crippen molar-refractivity contribution in [3.05, 3.63) is 47.4 Å². The van der Waals surface area contributed by atoms with Crippen molar-refractivity contribution in [3.8, 4) is 0 Å². The number of amides is 1. The fourth-order valence-electron chi connectivity index (χ4n) is 2.70. The molecule has 8 heteroatoms. The normalized spacial score (nSPS) is 15.3. The van der Waals surface area contributed by atoms with Gasteiger partial charge in [0, 0.05) is 13.1 Å². The van der Waals surface area contributed by atoms with Crippen molar-refractivity contribution in [2.24, 2.45) is 0 Å². The number of halogens is 3. The minimum Gasteiger partial charge on any atom is -0.469 e. The lowest BCUT2D eigenvalue weighted by Crippen LogP contribution is -2.36. The molecule has 134 valence electrons. The van der Waals surface area contributed by atoms with Gasteiger partial charge in [0.1, 0.15) is 5.76 Å². The van der Waals surface area contributed by atoms with Crippen LogP contribution < -0.4 is 10.2 Å². The fourth-order valence-corrected chi connectivity index (χ4v) is 2.70. The first-order valence-electron chi connectivity index (χ1n) is 7.75. The van der Waals surface area contributed by atoms with Crippen LogP contribution in [0, 0.1) is 6.92 Å². The maximum absolute atomic E-state index is 13.1. The smallest absolute Gasteiger partial charge is 0.416 e. The summed E-state index contributed by atoms with van der Waals surface area (Å²) >= 11 is 0. The number of alkyl halides is 3. The molecule has 1 fully saturated rings. The number of nitrogens with zero attached hydrogens (tertiary/aromatic N) is 1. The number of hydrogen-bond donors (Lipinski definition) is 1. The highest BCUT2D eigenvalue weighted by molar-refractivity contribution is 6.06. The summed E-state index contributed by atoms with van der Waals surface area (Å²) in [4.78, 5) is 14.3. The van der Waals surface area contributed by atoms with Crippen molar-refractivity contribution in [3.63, 3.8) is 0 Å². The molecule has 0 unspecified atom stereocenters. The Balaban J connectivity index is 1.95. The molecule has 1 amide bonds. The van der Waals surface area contributed by atoms with Crippen molar-refractivity contribution in [2.45, 2.75) is 13.1 Å². The summed E-state index contributed by atoms with van der Waals surface area (Å²) < 4.78 is 49.5. The standard InChI is InChI=1S/C17H17F3N2O3/c1-11-13(4-7-25-11)16(23)21-14-10-12(17(18,19)20)2-3-15(14)22-5-8-24-9-6-22/h2-4,7,10H,5-6,8-9H2,1H3,(H,21,23). The molecule has 1 aliphatic heterocycles. The van der Waals surface area contributed by atoms with Crippen LogP contribution in [0.5, 0.6) is 0 Å². The molecule has 0 aliphatic carbocycles. The van der Waals surface area contributed by atoms with Crippen molar-refractivity contribution in [1.29, 1.82) is 0 Å². The van der Waals surface area contributed by atoms with Gasteiger partial charge in [-0.1, -0.05) is 0 Å². The Labute approximate surface area is 142 Å². The van der Waals surface area contributed by atoms with E-state index >= 15 is 0 Å². The largest absolute Gasteiger partial charge is 0.469 e. The molecule has 1 saturated heterocycles. The van der Waals surface area contributed by atoms with E-state index in [1.54, 1.807) is 6.92 Å². The molecule has 0 bridgehead atoms. The maximum Gasteiger partial charge on any atom is 0.416 e. The lowest BCUT2D eigenvalue weighted by Gasteiger charge is -2.31. The van der Waals surface area contributed by atoms with Gasteiger partial charge in [-0.3, -0.25) is 4.79 Å². The SMILES string of the molecule is Cc1occc1C(=O)Nc1cc(C(F)(F)F)ccc1N1CCOCC1. The average molecular weight is 354 g/mol. The zero-order valence-electron chi connectivity index (χ0n) is 13.5. The van der Waals surface area contributed by atoms with Crippen molar-refractivity contribution in [2.75, 3.05) is 36.5 Å². The van der Waals surface area contributed by atoms with Gasteiger partial charge < -0.3 is 19.4 Å². The van der Waals surface area contributed by atoms with Crippen LogP contribution in [-0.2, 0) is 10.9 Å². The highest BCUT2D eigenvalue weighted by Gasteiger charge is 2.32. The minimum absolute atomic E-state index is 0.113. The molecule has 1 aliphatic rings. The Morgan fingerprint density at radius 1 is 1.20 bits per heavy atom. The minimum atomic E-state index is -4.49. The second-order valence-electron chi connectivity index (χ2n) is 5.67. The van der Waals surface area contributed by atoms with Crippen LogP contribution in [0.3, 0.4) is 0 Å². The van der Waals surface area contributed by atoms with E-state index in [0.717, 1.165) is 12.1 Å². The van der Waals surface area contributed by atoms with Crippen LogP contribution in [-0.4, -0.2) is 32.2 Å². The van der Waals surface area contributed by atoms with Crippen LogP contribution in [0.4, 0.5) is 24.5 Å². The third-order valence-corrected chi connectivity index (χ3v) is 4.03. The van der Waals surface area contributed by atoms with E-state index in [4.69, 9.17) is 9.15 Å². The molecule has 3 rings (SSSR count).